The van der Waals surface area contributed by atoms with Crippen molar-refractivity contribution in [3.05, 3.63) is 0 Å². The van der Waals surface area contributed by atoms with E-state index in [1.165, 1.54) is 0 Å². The molecule has 0 saturated carbocycles. The van der Waals surface area contributed by atoms with Gasteiger partial charge in [0.15, 0.2) is 0 Å². The minimum absolute atomic E-state index is 0.587. The average Bonchev–Trinajstić information content (AvgIpc) is 2.56. The van der Waals surface area contributed by atoms with Crippen LogP contribution in [0.2, 0.25) is 0 Å². The summed E-state index contributed by atoms with van der Waals surface area (Å²) in [6.45, 7) is 15.9. The van der Waals surface area contributed by atoms with Crippen molar-refractivity contribution in [3.63, 3.8) is 0 Å². The molecule has 0 radical (unpaired) electrons. The van der Waals surface area contributed by atoms with Gasteiger partial charge in [-0.1, -0.05) is 27.7 Å². The van der Waals surface area contributed by atoms with Gasteiger partial charge in [0.25, 0.3) is 0 Å². The van der Waals surface area contributed by atoms with Crippen molar-refractivity contribution in [2.75, 3.05) is 79.7 Å². The van der Waals surface area contributed by atoms with Gasteiger partial charge in [-0.05, 0) is 12.5 Å². The predicted molar refractivity (Wildman–Crippen MR) is 94.2 cm³/mol. The first-order valence-corrected chi connectivity index (χ1v) is 8.78. The molecule has 0 bridgehead atoms. The van der Waals surface area contributed by atoms with Gasteiger partial charge in [-0.3, -0.25) is 0 Å². The van der Waals surface area contributed by atoms with Gasteiger partial charge < -0.3 is 29.0 Å². The fourth-order valence-corrected chi connectivity index (χ4v) is 1.44. The summed E-state index contributed by atoms with van der Waals surface area (Å²) in [4.78, 5) is 0. The Labute approximate surface area is 143 Å². The van der Waals surface area contributed by atoms with Crippen LogP contribution in [-0.2, 0) is 23.7 Å². The molecule has 1 N–H and O–H groups in total. The van der Waals surface area contributed by atoms with Gasteiger partial charge in [-0.2, -0.15) is 0 Å². The highest BCUT2D eigenvalue weighted by atomic mass is 16.6. The fraction of sp³-hybridized carbons (Fsp3) is 1.00. The predicted octanol–water partition coefficient (Wildman–Crippen LogP) is 1.97. The van der Waals surface area contributed by atoms with Gasteiger partial charge in [0, 0.05) is 13.7 Å². The molecule has 23 heavy (non-hydrogen) atoms. The summed E-state index contributed by atoms with van der Waals surface area (Å²) in [7, 11) is 1.66. The average molecular weight is 338 g/mol. The SMILES string of the molecule is CC.COCCOCCOCCOCCOCCNCC(C)C. The second-order valence-corrected chi connectivity index (χ2v) is 5.04. The number of ether oxygens (including phenoxy) is 5. The van der Waals surface area contributed by atoms with Crippen LogP contribution in [0.1, 0.15) is 27.7 Å². The highest BCUT2D eigenvalue weighted by molar-refractivity contribution is 4.49. The lowest BCUT2D eigenvalue weighted by Crippen LogP contribution is -2.24. The van der Waals surface area contributed by atoms with E-state index < -0.39 is 0 Å². The molecular formula is C17H39NO5. The Bertz CT molecular complexity index is 194. The number of methoxy groups -OCH3 is 1. The van der Waals surface area contributed by atoms with Crippen molar-refractivity contribution in [1.29, 1.82) is 0 Å². The largest absolute Gasteiger partial charge is 0.382 e. The lowest BCUT2D eigenvalue weighted by Gasteiger charge is -2.09. The zero-order valence-corrected chi connectivity index (χ0v) is 15.9. The van der Waals surface area contributed by atoms with E-state index >= 15 is 0 Å². The van der Waals surface area contributed by atoms with Crippen LogP contribution >= 0.6 is 0 Å². The molecule has 0 aromatic heterocycles. The molecule has 0 aliphatic carbocycles. The van der Waals surface area contributed by atoms with Crippen LogP contribution in [0.15, 0.2) is 0 Å². The normalized spacial score (nSPS) is 10.7. The molecule has 142 valence electrons. The van der Waals surface area contributed by atoms with Crippen LogP contribution in [0.4, 0.5) is 0 Å². The maximum Gasteiger partial charge on any atom is 0.0701 e. The van der Waals surface area contributed by atoms with Crippen LogP contribution in [0.5, 0.6) is 0 Å². The molecule has 0 spiro atoms. The first kappa shape index (κ1) is 25.0. The van der Waals surface area contributed by atoms with E-state index in [1.54, 1.807) is 7.11 Å². The smallest absolute Gasteiger partial charge is 0.0701 e. The Balaban J connectivity index is 0. The summed E-state index contributed by atoms with van der Waals surface area (Å²) in [6, 6.07) is 0. The first-order valence-electron chi connectivity index (χ1n) is 8.78. The Morgan fingerprint density at radius 2 is 1.04 bits per heavy atom. The molecule has 0 heterocycles. The van der Waals surface area contributed by atoms with Gasteiger partial charge >= 0.3 is 0 Å². The molecule has 0 aromatic carbocycles. The van der Waals surface area contributed by atoms with Gasteiger partial charge in [-0.15, -0.1) is 0 Å². The molecule has 0 rings (SSSR count). The highest BCUT2D eigenvalue weighted by Gasteiger charge is 1.94. The molecule has 0 unspecified atom stereocenters. The van der Waals surface area contributed by atoms with Crippen molar-refractivity contribution in [2.45, 2.75) is 27.7 Å². The molecular weight excluding hydrogens is 298 g/mol. The minimum Gasteiger partial charge on any atom is -0.382 e. The Hall–Kier alpha value is -0.240. The summed E-state index contributed by atoms with van der Waals surface area (Å²) >= 11 is 0. The van der Waals surface area contributed by atoms with Crippen LogP contribution in [0, 0.1) is 5.92 Å². The van der Waals surface area contributed by atoms with Gasteiger partial charge in [-0.25, -0.2) is 0 Å². The third-order valence-electron chi connectivity index (χ3n) is 2.52. The first-order chi connectivity index (χ1) is 11.3. The number of hydrogen-bond acceptors (Lipinski definition) is 6. The van der Waals surface area contributed by atoms with Crippen molar-refractivity contribution in [3.8, 4) is 0 Å². The van der Waals surface area contributed by atoms with Crippen molar-refractivity contribution >= 4 is 0 Å². The van der Waals surface area contributed by atoms with Crippen molar-refractivity contribution < 1.29 is 23.7 Å². The summed E-state index contributed by atoms with van der Waals surface area (Å²) in [5, 5.41) is 3.32. The van der Waals surface area contributed by atoms with E-state index in [0.717, 1.165) is 19.7 Å². The van der Waals surface area contributed by atoms with E-state index in [2.05, 4.69) is 19.2 Å². The zero-order valence-electron chi connectivity index (χ0n) is 15.9. The quantitative estimate of drug-likeness (QED) is 0.410. The Morgan fingerprint density at radius 1 is 0.652 bits per heavy atom. The molecule has 0 aromatic rings. The lowest BCUT2D eigenvalue weighted by atomic mass is 10.2. The lowest BCUT2D eigenvalue weighted by molar-refractivity contribution is -0.00750. The van der Waals surface area contributed by atoms with Crippen LogP contribution in [-0.4, -0.2) is 79.7 Å². The molecule has 0 fully saturated rings. The van der Waals surface area contributed by atoms with Crippen LogP contribution in [0.25, 0.3) is 0 Å². The molecule has 0 amide bonds. The second-order valence-electron chi connectivity index (χ2n) is 5.04. The maximum absolute atomic E-state index is 5.44. The number of hydrogen-bond donors (Lipinski definition) is 1. The van der Waals surface area contributed by atoms with Crippen molar-refractivity contribution in [1.82, 2.24) is 5.32 Å². The van der Waals surface area contributed by atoms with Crippen LogP contribution in [0.3, 0.4) is 0 Å². The van der Waals surface area contributed by atoms with E-state index in [1.807, 2.05) is 13.8 Å². The summed E-state index contributed by atoms with van der Waals surface area (Å²) in [5.74, 6) is 0.679. The van der Waals surface area contributed by atoms with E-state index in [4.69, 9.17) is 23.7 Å². The standard InChI is InChI=1S/C15H33NO5.C2H6/c1-15(2)14-16-4-5-18-8-9-20-12-13-21-11-10-19-7-6-17-3;1-2/h15-16H,4-14H2,1-3H3;1-2H3. The van der Waals surface area contributed by atoms with E-state index in [0.29, 0.717) is 58.8 Å². The van der Waals surface area contributed by atoms with Crippen molar-refractivity contribution in [2.24, 2.45) is 5.92 Å². The maximum atomic E-state index is 5.44. The topological polar surface area (TPSA) is 58.2 Å². The minimum atomic E-state index is 0.587. The zero-order chi connectivity index (χ0) is 17.6. The number of nitrogens with one attached hydrogen (secondary N) is 1. The number of rotatable bonds is 17. The fourth-order valence-electron chi connectivity index (χ4n) is 1.44. The Kier molecular flexibility index (Phi) is 26.1. The summed E-state index contributed by atoms with van der Waals surface area (Å²) in [6.07, 6.45) is 0. The van der Waals surface area contributed by atoms with E-state index in [9.17, 15) is 0 Å². The highest BCUT2D eigenvalue weighted by Crippen LogP contribution is 1.86. The summed E-state index contributed by atoms with van der Waals surface area (Å²) in [5.41, 5.74) is 0. The van der Waals surface area contributed by atoms with Gasteiger partial charge in [0.1, 0.15) is 0 Å². The summed E-state index contributed by atoms with van der Waals surface area (Å²) < 4.78 is 26.3. The third kappa shape index (κ3) is 26.9. The monoisotopic (exact) mass is 337 g/mol. The Morgan fingerprint density at radius 3 is 1.43 bits per heavy atom. The molecule has 0 aliphatic heterocycles. The second kappa shape index (κ2) is 24.0. The molecule has 6 nitrogen and oxygen atoms in total. The third-order valence-corrected chi connectivity index (χ3v) is 2.52. The van der Waals surface area contributed by atoms with Gasteiger partial charge in [0.2, 0.25) is 0 Å². The molecule has 0 saturated heterocycles. The molecule has 0 aliphatic rings. The van der Waals surface area contributed by atoms with E-state index in [-0.39, 0.29) is 0 Å². The van der Waals surface area contributed by atoms with Gasteiger partial charge in [0.05, 0.1) is 59.5 Å². The molecule has 6 heteroatoms. The van der Waals surface area contributed by atoms with Crippen LogP contribution < -0.4 is 5.32 Å². The molecule has 0 atom stereocenters.